The number of piperidine rings is 1. The number of benzene rings is 1. The lowest BCUT2D eigenvalue weighted by Gasteiger charge is -2.29. The van der Waals surface area contributed by atoms with E-state index in [9.17, 15) is 37.2 Å². The maximum atomic E-state index is 14.3. The van der Waals surface area contributed by atoms with Crippen molar-refractivity contribution in [3.8, 4) is 6.07 Å². The zero-order valence-electron chi connectivity index (χ0n) is 20.0. The fourth-order valence-electron chi connectivity index (χ4n) is 6.05. The van der Waals surface area contributed by atoms with Gasteiger partial charge in [-0.2, -0.15) is 5.26 Å². The van der Waals surface area contributed by atoms with Gasteiger partial charge in [-0.3, -0.25) is 14.4 Å². The third-order valence-electron chi connectivity index (χ3n) is 7.78. The molecule has 202 valence electrons. The molecule has 3 amide bonds. The van der Waals surface area contributed by atoms with Crippen molar-refractivity contribution in [2.75, 3.05) is 13.1 Å². The molecule has 2 aliphatic heterocycles. The lowest BCUT2D eigenvalue weighted by Crippen LogP contribution is -2.52. The molecule has 0 unspecified atom stereocenters. The summed E-state index contributed by atoms with van der Waals surface area (Å²) in [7, 11) is 0. The number of carbonyl (C=O) groups is 3. The molecule has 1 aromatic carbocycles. The van der Waals surface area contributed by atoms with E-state index in [1.54, 1.807) is 0 Å². The van der Waals surface area contributed by atoms with Crippen LogP contribution in [0.25, 0.3) is 10.9 Å². The lowest BCUT2D eigenvalue weighted by molar-refractivity contribution is -0.129. The normalized spacial score (nSPS) is 27.1. The van der Waals surface area contributed by atoms with Gasteiger partial charge in [0.25, 0.3) is 5.91 Å². The number of alkyl halides is 2. The number of nitrogens with one attached hydrogen (secondary N) is 3. The van der Waals surface area contributed by atoms with Gasteiger partial charge in [-0.15, -0.1) is 0 Å². The summed E-state index contributed by atoms with van der Waals surface area (Å²) in [5.74, 6) is -8.77. The maximum Gasteiger partial charge on any atom is 0.271 e. The molecular weight excluding hydrogens is 530 g/mol. The summed E-state index contributed by atoms with van der Waals surface area (Å²) in [5.41, 5.74) is -0.332. The molecule has 2 saturated heterocycles. The number of carbonyl (C=O) groups excluding carboxylic acids is 3. The predicted molar refractivity (Wildman–Crippen MR) is 127 cm³/mol. The number of aromatic nitrogens is 1. The average Bonchev–Trinajstić information content (AvgIpc) is 3.53. The minimum Gasteiger partial charge on any atom is -0.356 e. The second-order valence-corrected chi connectivity index (χ2v) is 10.7. The van der Waals surface area contributed by atoms with Crippen LogP contribution in [0.3, 0.4) is 0 Å². The second kappa shape index (κ2) is 9.76. The number of aromatic amines is 1. The molecule has 13 heteroatoms. The number of H-pyrrole nitrogens is 1. The zero-order valence-corrected chi connectivity index (χ0v) is 20.8. The monoisotopic (exact) mass is 553 g/mol. The fourth-order valence-corrected chi connectivity index (χ4v) is 6.25. The molecule has 5 atom stereocenters. The Balaban J connectivity index is 1.41. The molecule has 0 spiro atoms. The summed E-state index contributed by atoms with van der Waals surface area (Å²) in [4.78, 5) is 42.8. The van der Waals surface area contributed by atoms with Crippen molar-refractivity contribution < 1.29 is 31.9 Å². The molecule has 3 aliphatic rings. The van der Waals surface area contributed by atoms with Crippen LogP contribution in [0, 0.1) is 40.7 Å². The van der Waals surface area contributed by atoms with Crippen LogP contribution in [-0.2, 0) is 9.59 Å². The Morgan fingerprint density at radius 2 is 2.03 bits per heavy atom. The van der Waals surface area contributed by atoms with Gasteiger partial charge in [0, 0.05) is 43.3 Å². The Bertz CT molecular complexity index is 1360. The van der Waals surface area contributed by atoms with Crippen molar-refractivity contribution in [3.05, 3.63) is 34.5 Å². The van der Waals surface area contributed by atoms with Gasteiger partial charge in [0.2, 0.25) is 17.7 Å². The third-order valence-corrected chi connectivity index (χ3v) is 8.15. The standard InChI is InChI=1S/C25H24ClF4N5O3/c26-19-17(28)6-16(27)14-5-18(34-20(14)19)24(38)35-10-12-7-25(29,30)8-15(12)21(35)23(37)33-13(9-31)4-11-2-1-3-32-22(11)36/h5-6,11-13,15,21,34H,1-4,7-8,10H2,(H,32,36)(H,33,37)/t11-,12-,13+,15-,21+/m1/s1. The molecule has 0 radical (unpaired) electrons. The van der Waals surface area contributed by atoms with Gasteiger partial charge in [0.1, 0.15) is 34.4 Å². The molecule has 8 nitrogen and oxygen atoms in total. The van der Waals surface area contributed by atoms with E-state index in [2.05, 4.69) is 15.6 Å². The van der Waals surface area contributed by atoms with Crippen LogP contribution in [-0.4, -0.2) is 58.7 Å². The molecule has 1 aromatic heterocycles. The van der Waals surface area contributed by atoms with Crippen LogP contribution in [0.1, 0.15) is 42.6 Å². The molecule has 38 heavy (non-hydrogen) atoms. The van der Waals surface area contributed by atoms with E-state index in [1.807, 2.05) is 6.07 Å². The van der Waals surface area contributed by atoms with Crippen molar-refractivity contribution in [3.63, 3.8) is 0 Å². The van der Waals surface area contributed by atoms with Crippen LogP contribution >= 0.6 is 11.6 Å². The third kappa shape index (κ3) is 4.68. The summed E-state index contributed by atoms with van der Waals surface area (Å²) in [5, 5.41) is 14.3. The highest BCUT2D eigenvalue weighted by Gasteiger charge is 2.58. The van der Waals surface area contributed by atoms with Crippen molar-refractivity contribution in [2.24, 2.45) is 17.8 Å². The summed E-state index contributed by atoms with van der Waals surface area (Å²) in [6.07, 6.45) is 0.203. The van der Waals surface area contributed by atoms with Crippen LogP contribution in [0.2, 0.25) is 5.02 Å². The smallest absolute Gasteiger partial charge is 0.271 e. The second-order valence-electron chi connectivity index (χ2n) is 10.3. The first-order chi connectivity index (χ1) is 18.0. The van der Waals surface area contributed by atoms with Crippen LogP contribution in [0.4, 0.5) is 17.6 Å². The van der Waals surface area contributed by atoms with E-state index in [4.69, 9.17) is 11.6 Å². The van der Waals surface area contributed by atoms with E-state index in [0.29, 0.717) is 19.0 Å². The van der Waals surface area contributed by atoms with Crippen molar-refractivity contribution in [1.82, 2.24) is 20.5 Å². The van der Waals surface area contributed by atoms with Crippen molar-refractivity contribution in [1.29, 1.82) is 5.26 Å². The van der Waals surface area contributed by atoms with E-state index in [1.165, 1.54) is 0 Å². The Kier molecular flexibility index (Phi) is 6.75. The van der Waals surface area contributed by atoms with Gasteiger partial charge in [-0.25, -0.2) is 17.6 Å². The summed E-state index contributed by atoms with van der Waals surface area (Å²) >= 11 is 5.92. The average molecular weight is 554 g/mol. The van der Waals surface area contributed by atoms with Crippen LogP contribution < -0.4 is 10.6 Å². The summed E-state index contributed by atoms with van der Waals surface area (Å²) in [6.45, 7) is 0.379. The number of likely N-dealkylation sites (tertiary alicyclic amines) is 1. The molecule has 0 bridgehead atoms. The van der Waals surface area contributed by atoms with Crippen LogP contribution in [0.5, 0.6) is 0 Å². The van der Waals surface area contributed by atoms with Gasteiger partial charge < -0.3 is 20.5 Å². The zero-order chi connectivity index (χ0) is 27.4. The first kappa shape index (κ1) is 26.3. The van der Waals surface area contributed by atoms with Gasteiger partial charge in [-0.05, 0) is 37.2 Å². The highest BCUT2D eigenvalue weighted by molar-refractivity contribution is 6.35. The summed E-state index contributed by atoms with van der Waals surface area (Å²) in [6, 6.07) is 1.28. The fraction of sp³-hybridized carbons (Fsp3) is 0.520. The van der Waals surface area contributed by atoms with Crippen molar-refractivity contribution in [2.45, 2.75) is 50.1 Å². The molecule has 1 saturated carbocycles. The number of halogens is 5. The quantitative estimate of drug-likeness (QED) is 0.388. The van der Waals surface area contributed by atoms with Crippen molar-refractivity contribution >= 4 is 40.2 Å². The number of fused-ring (bicyclic) bond motifs is 2. The Hall–Kier alpha value is -3.33. The minimum atomic E-state index is -3.01. The highest BCUT2D eigenvalue weighted by atomic mass is 35.5. The molecule has 2 aromatic rings. The number of nitrogens with zero attached hydrogens (tertiary/aromatic N) is 2. The number of hydrogen-bond acceptors (Lipinski definition) is 4. The van der Waals surface area contributed by atoms with E-state index < -0.39 is 77.1 Å². The maximum absolute atomic E-state index is 14.3. The van der Waals surface area contributed by atoms with E-state index >= 15 is 0 Å². The van der Waals surface area contributed by atoms with Gasteiger partial charge in [0.15, 0.2) is 0 Å². The molecule has 3 heterocycles. The van der Waals surface area contributed by atoms with Gasteiger partial charge in [-0.1, -0.05) is 11.6 Å². The molecule has 1 aliphatic carbocycles. The first-order valence-electron chi connectivity index (χ1n) is 12.3. The highest BCUT2D eigenvalue weighted by Crippen LogP contribution is 2.50. The SMILES string of the molecule is N#C[C@H](C[C@H]1CCCNC1=O)NC(=O)[C@@H]1[C@@H]2CC(F)(F)C[C@@H]2CN1C(=O)c1cc2c(F)cc(F)c(Cl)c2[nH]1. The Labute approximate surface area is 219 Å². The number of nitriles is 1. The predicted octanol–water partition coefficient (Wildman–Crippen LogP) is 3.51. The van der Waals surface area contributed by atoms with Gasteiger partial charge >= 0.3 is 0 Å². The minimum absolute atomic E-state index is 0.0460. The largest absolute Gasteiger partial charge is 0.356 e. The molecule has 5 rings (SSSR count). The topological polar surface area (TPSA) is 118 Å². The first-order valence-corrected chi connectivity index (χ1v) is 12.7. The lowest BCUT2D eigenvalue weighted by atomic mass is 9.90. The molecule has 3 fully saturated rings. The van der Waals surface area contributed by atoms with E-state index in [0.717, 1.165) is 17.4 Å². The van der Waals surface area contributed by atoms with E-state index in [-0.39, 0.29) is 35.5 Å². The molecular formula is C25H24ClF4N5O3. The van der Waals surface area contributed by atoms with Crippen LogP contribution in [0.15, 0.2) is 12.1 Å². The number of amides is 3. The van der Waals surface area contributed by atoms with Gasteiger partial charge in [0.05, 0.1) is 11.6 Å². The summed E-state index contributed by atoms with van der Waals surface area (Å²) < 4.78 is 56.8. The molecule has 3 N–H and O–H groups in total. The number of hydrogen-bond donors (Lipinski definition) is 3. The Morgan fingerprint density at radius 1 is 1.26 bits per heavy atom. The number of rotatable bonds is 5. The Morgan fingerprint density at radius 3 is 2.74 bits per heavy atom.